The first-order valence-corrected chi connectivity index (χ1v) is 5.48. The summed E-state index contributed by atoms with van der Waals surface area (Å²) in [6, 6.07) is 0.340. The Labute approximate surface area is 87.4 Å². The average Bonchev–Trinajstić information content (AvgIpc) is 2.22. The molecule has 0 aromatic carbocycles. The summed E-state index contributed by atoms with van der Waals surface area (Å²) in [6.45, 7) is 4.31. The van der Waals surface area contributed by atoms with E-state index >= 15 is 0 Å². The first-order valence-electron chi connectivity index (χ1n) is 5.48. The summed E-state index contributed by atoms with van der Waals surface area (Å²) in [5, 5.41) is 0. The van der Waals surface area contributed by atoms with Crippen molar-refractivity contribution in [1.82, 2.24) is 4.90 Å². The number of hydrogen-bond acceptors (Lipinski definition) is 2. The summed E-state index contributed by atoms with van der Waals surface area (Å²) < 4.78 is 4.71. The van der Waals surface area contributed by atoms with Gasteiger partial charge in [-0.05, 0) is 12.8 Å². The third-order valence-corrected chi connectivity index (χ3v) is 2.52. The molecule has 0 N–H and O–H groups in total. The van der Waals surface area contributed by atoms with Gasteiger partial charge in [0.1, 0.15) is 0 Å². The number of amides is 1. The standard InChI is InChI=1S/C11H23NO2/c1-5-7-9-10(8-6-2)12(3)11(13)14-4/h10H,5-9H2,1-4H3/t10-/m1/s1. The molecule has 0 aromatic rings. The first-order chi connectivity index (χ1) is 6.67. The molecule has 0 unspecified atom stereocenters. The van der Waals surface area contributed by atoms with E-state index in [2.05, 4.69) is 13.8 Å². The first kappa shape index (κ1) is 13.3. The highest BCUT2D eigenvalue weighted by Gasteiger charge is 2.18. The molecule has 0 aliphatic carbocycles. The molecule has 0 radical (unpaired) electrons. The van der Waals surface area contributed by atoms with Crippen molar-refractivity contribution in [3.8, 4) is 0 Å². The molecule has 0 heterocycles. The van der Waals surface area contributed by atoms with Crippen molar-refractivity contribution in [2.75, 3.05) is 14.2 Å². The second-order valence-corrected chi connectivity index (χ2v) is 3.67. The van der Waals surface area contributed by atoms with Gasteiger partial charge in [0.25, 0.3) is 0 Å². The number of methoxy groups -OCH3 is 1. The van der Waals surface area contributed by atoms with E-state index in [-0.39, 0.29) is 6.09 Å². The van der Waals surface area contributed by atoms with Crippen molar-refractivity contribution < 1.29 is 9.53 Å². The van der Waals surface area contributed by atoms with Crippen molar-refractivity contribution in [1.29, 1.82) is 0 Å². The van der Waals surface area contributed by atoms with Crippen LogP contribution in [0.25, 0.3) is 0 Å². The van der Waals surface area contributed by atoms with Crippen LogP contribution in [0.4, 0.5) is 4.79 Å². The van der Waals surface area contributed by atoms with Gasteiger partial charge in [-0.3, -0.25) is 0 Å². The highest BCUT2D eigenvalue weighted by atomic mass is 16.5. The Morgan fingerprint density at radius 1 is 1.29 bits per heavy atom. The number of ether oxygens (including phenoxy) is 1. The lowest BCUT2D eigenvalue weighted by molar-refractivity contribution is 0.112. The minimum absolute atomic E-state index is 0.223. The summed E-state index contributed by atoms with van der Waals surface area (Å²) in [5.74, 6) is 0. The third kappa shape index (κ3) is 4.49. The molecule has 0 bridgehead atoms. The molecule has 0 saturated carbocycles. The maximum atomic E-state index is 11.3. The summed E-state index contributed by atoms with van der Waals surface area (Å²) in [7, 11) is 3.25. The van der Waals surface area contributed by atoms with Crippen LogP contribution in [0.3, 0.4) is 0 Å². The highest BCUT2D eigenvalue weighted by Crippen LogP contribution is 2.13. The molecule has 0 fully saturated rings. The van der Waals surface area contributed by atoms with E-state index in [1.54, 1.807) is 4.90 Å². The Kier molecular flexibility index (Phi) is 7.25. The largest absolute Gasteiger partial charge is 0.453 e. The predicted octanol–water partition coefficient (Wildman–Crippen LogP) is 3.04. The van der Waals surface area contributed by atoms with Crippen LogP contribution in [0, 0.1) is 0 Å². The molecule has 0 aliphatic heterocycles. The Balaban J connectivity index is 4.09. The van der Waals surface area contributed by atoms with Crippen LogP contribution in [-0.2, 0) is 4.74 Å². The van der Waals surface area contributed by atoms with Crippen LogP contribution < -0.4 is 0 Å². The summed E-state index contributed by atoms with van der Waals surface area (Å²) in [5.41, 5.74) is 0. The third-order valence-electron chi connectivity index (χ3n) is 2.52. The van der Waals surface area contributed by atoms with Gasteiger partial charge < -0.3 is 9.64 Å². The summed E-state index contributed by atoms with van der Waals surface area (Å²) >= 11 is 0. The molecule has 3 nitrogen and oxygen atoms in total. The summed E-state index contributed by atoms with van der Waals surface area (Å²) in [4.78, 5) is 13.0. The predicted molar refractivity (Wildman–Crippen MR) is 58.4 cm³/mol. The summed E-state index contributed by atoms with van der Waals surface area (Å²) in [6.07, 6.45) is 5.37. The number of hydrogen-bond donors (Lipinski definition) is 0. The lowest BCUT2D eigenvalue weighted by atomic mass is 10.0. The lowest BCUT2D eigenvalue weighted by Crippen LogP contribution is -2.36. The topological polar surface area (TPSA) is 29.5 Å². The number of unbranched alkanes of at least 4 members (excludes halogenated alkanes) is 1. The molecule has 0 spiro atoms. The highest BCUT2D eigenvalue weighted by molar-refractivity contribution is 5.67. The van der Waals surface area contributed by atoms with E-state index in [0.29, 0.717) is 6.04 Å². The van der Waals surface area contributed by atoms with Crippen LogP contribution in [0.15, 0.2) is 0 Å². The molecule has 0 saturated heterocycles. The zero-order valence-electron chi connectivity index (χ0n) is 9.88. The fraction of sp³-hybridized carbons (Fsp3) is 0.909. The van der Waals surface area contributed by atoms with Crippen LogP contribution in [-0.4, -0.2) is 31.2 Å². The van der Waals surface area contributed by atoms with E-state index < -0.39 is 0 Å². The van der Waals surface area contributed by atoms with Gasteiger partial charge >= 0.3 is 6.09 Å². The van der Waals surface area contributed by atoms with Gasteiger partial charge in [-0.2, -0.15) is 0 Å². The van der Waals surface area contributed by atoms with Gasteiger partial charge in [0.2, 0.25) is 0 Å². The number of carbonyl (C=O) groups excluding carboxylic acids is 1. The normalized spacial score (nSPS) is 12.3. The van der Waals surface area contributed by atoms with E-state index in [4.69, 9.17) is 4.74 Å². The minimum Gasteiger partial charge on any atom is -0.453 e. The van der Waals surface area contributed by atoms with Gasteiger partial charge in [-0.15, -0.1) is 0 Å². The van der Waals surface area contributed by atoms with Crippen LogP contribution >= 0.6 is 0 Å². The Morgan fingerprint density at radius 2 is 1.93 bits per heavy atom. The van der Waals surface area contributed by atoms with Crippen molar-refractivity contribution in [2.24, 2.45) is 0 Å². The minimum atomic E-state index is -0.223. The monoisotopic (exact) mass is 201 g/mol. The SMILES string of the molecule is CCCC[C@@H](CCC)N(C)C(=O)OC. The van der Waals surface area contributed by atoms with E-state index in [1.165, 1.54) is 20.0 Å². The van der Waals surface area contributed by atoms with Crippen molar-refractivity contribution in [3.63, 3.8) is 0 Å². The second-order valence-electron chi connectivity index (χ2n) is 3.67. The molecule has 3 heteroatoms. The molecule has 0 aliphatic rings. The molecule has 0 aromatic heterocycles. The maximum Gasteiger partial charge on any atom is 0.409 e. The Morgan fingerprint density at radius 3 is 2.36 bits per heavy atom. The van der Waals surface area contributed by atoms with Gasteiger partial charge in [0.05, 0.1) is 7.11 Å². The smallest absolute Gasteiger partial charge is 0.409 e. The molecule has 1 atom stereocenters. The van der Waals surface area contributed by atoms with Crippen molar-refractivity contribution in [3.05, 3.63) is 0 Å². The molecular weight excluding hydrogens is 178 g/mol. The van der Waals surface area contributed by atoms with Crippen molar-refractivity contribution in [2.45, 2.75) is 52.0 Å². The molecular formula is C11H23NO2. The van der Waals surface area contributed by atoms with Gasteiger partial charge in [0.15, 0.2) is 0 Å². The van der Waals surface area contributed by atoms with E-state index in [1.807, 2.05) is 7.05 Å². The average molecular weight is 201 g/mol. The van der Waals surface area contributed by atoms with Gasteiger partial charge in [0, 0.05) is 13.1 Å². The fourth-order valence-corrected chi connectivity index (χ4v) is 1.60. The molecule has 0 rings (SSSR count). The fourth-order valence-electron chi connectivity index (χ4n) is 1.60. The number of carbonyl (C=O) groups is 1. The second kappa shape index (κ2) is 7.65. The van der Waals surface area contributed by atoms with Gasteiger partial charge in [-0.1, -0.05) is 33.1 Å². The van der Waals surface area contributed by atoms with Crippen LogP contribution in [0.2, 0.25) is 0 Å². The molecule has 14 heavy (non-hydrogen) atoms. The number of nitrogens with zero attached hydrogens (tertiary/aromatic N) is 1. The molecule has 84 valence electrons. The van der Waals surface area contributed by atoms with Crippen LogP contribution in [0.5, 0.6) is 0 Å². The Bertz CT molecular complexity index is 159. The van der Waals surface area contributed by atoms with Crippen molar-refractivity contribution >= 4 is 6.09 Å². The molecule has 1 amide bonds. The maximum absolute atomic E-state index is 11.3. The zero-order valence-corrected chi connectivity index (χ0v) is 9.88. The Hall–Kier alpha value is -0.730. The lowest BCUT2D eigenvalue weighted by Gasteiger charge is -2.26. The number of rotatable bonds is 6. The van der Waals surface area contributed by atoms with E-state index in [0.717, 1.165) is 19.3 Å². The van der Waals surface area contributed by atoms with Crippen LogP contribution in [0.1, 0.15) is 46.0 Å². The quantitative estimate of drug-likeness (QED) is 0.661. The van der Waals surface area contributed by atoms with Gasteiger partial charge in [-0.25, -0.2) is 4.79 Å². The zero-order chi connectivity index (χ0) is 11.0. The van der Waals surface area contributed by atoms with E-state index in [9.17, 15) is 4.79 Å².